The Morgan fingerprint density at radius 3 is 2.50 bits per heavy atom. The summed E-state index contributed by atoms with van der Waals surface area (Å²) < 4.78 is 0. The fourth-order valence-corrected chi connectivity index (χ4v) is 3.67. The van der Waals surface area contributed by atoms with Gasteiger partial charge in [-0.15, -0.1) is 0 Å². The number of rotatable bonds is 3. The third-order valence-electron chi connectivity index (χ3n) is 4.93. The van der Waals surface area contributed by atoms with Gasteiger partial charge in [0, 0.05) is 13.1 Å². The molecule has 1 aliphatic rings. The summed E-state index contributed by atoms with van der Waals surface area (Å²) in [6.07, 6.45) is 0.691. The van der Waals surface area contributed by atoms with Crippen molar-refractivity contribution >= 4 is 16.7 Å². The number of fused-ring (bicyclic) bond motifs is 2. The molecule has 3 heteroatoms. The number of benzene rings is 3. The molecule has 4 rings (SSSR count). The number of hydrogen-bond acceptors (Lipinski definition) is 2. The van der Waals surface area contributed by atoms with Crippen molar-refractivity contribution in [3.8, 4) is 0 Å². The van der Waals surface area contributed by atoms with Crippen LogP contribution in [0.5, 0.6) is 0 Å². The van der Waals surface area contributed by atoms with E-state index in [1.807, 2.05) is 6.07 Å². The maximum absolute atomic E-state index is 12.0. The van der Waals surface area contributed by atoms with Crippen molar-refractivity contribution in [2.24, 2.45) is 5.73 Å². The fourth-order valence-electron chi connectivity index (χ4n) is 3.67. The van der Waals surface area contributed by atoms with E-state index in [9.17, 15) is 4.79 Å². The van der Waals surface area contributed by atoms with Crippen LogP contribution in [-0.4, -0.2) is 16.8 Å². The van der Waals surface area contributed by atoms with Crippen LogP contribution < -0.4 is 5.73 Å². The lowest BCUT2D eigenvalue weighted by Gasteiger charge is -2.35. The molecule has 2 N–H and O–H groups in total. The SMILES string of the molecule is NC(=O)C1Cc2ccccc2CN1Cc1cccc2ccccc12. The van der Waals surface area contributed by atoms with Crippen LogP contribution in [0.25, 0.3) is 10.8 Å². The number of hydrogen-bond donors (Lipinski definition) is 1. The van der Waals surface area contributed by atoms with Gasteiger partial charge in [-0.25, -0.2) is 0 Å². The molecule has 0 fully saturated rings. The molecule has 1 atom stereocenters. The Hall–Kier alpha value is -2.65. The minimum absolute atomic E-state index is 0.246. The largest absolute Gasteiger partial charge is 0.368 e. The first-order chi connectivity index (χ1) is 11.7. The Kier molecular flexibility index (Phi) is 3.79. The number of nitrogens with zero attached hydrogens (tertiary/aromatic N) is 1. The molecule has 24 heavy (non-hydrogen) atoms. The van der Waals surface area contributed by atoms with E-state index in [1.54, 1.807) is 0 Å². The van der Waals surface area contributed by atoms with Crippen LogP contribution in [0.2, 0.25) is 0 Å². The highest BCUT2D eigenvalue weighted by Crippen LogP contribution is 2.27. The Bertz CT molecular complexity index is 898. The van der Waals surface area contributed by atoms with Gasteiger partial charge < -0.3 is 5.73 Å². The van der Waals surface area contributed by atoms with E-state index in [1.165, 1.54) is 27.5 Å². The average molecular weight is 316 g/mol. The van der Waals surface area contributed by atoms with Crippen molar-refractivity contribution in [1.29, 1.82) is 0 Å². The van der Waals surface area contributed by atoms with E-state index in [0.717, 1.165) is 13.1 Å². The van der Waals surface area contributed by atoms with Gasteiger partial charge in [0.15, 0.2) is 0 Å². The Morgan fingerprint density at radius 2 is 1.67 bits per heavy atom. The predicted octanol–water partition coefficient (Wildman–Crippen LogP) is 3.25. The Labute approximate surface area is 141 Å². The molecule has 0 aliphatic carbocycles. The van der Waals surface area contributed by atoms with Crippen molar-refractivity contribution in [1.82, 2.24) is 4.90 Å². The minimum atomic E-state index is -0.251. The van der Waals surface area contributed by atoms with Crippen molar-refractivity contribution in [3.63, 3.8) is 0 Å². The van der Waals surface area contributed by atoms with Crippen molar-refractivity contribution in [2.45, 2.75) is 25.6 Å². The number of nitrogens with two attached hydrogens (primary N) is 1. The van der Waals surface area contributed by atoms with Crippen LogP contribution >= 0.6 is 0 Å². The summed E-state index contributed by atoms with van der Waals surface area (Å²) in [5, 5.41) is 2.46. The van der Waals surface area contributed by atoms with Gasteiger partial charge >= 0.3 is 0 Å². The molecule has 3 aromatic carbocycles. The summed E-state index contributed by atoms with van der Waals surface area (Å²) >= 11 is 0. The summed E-state index contributed by atoms with van der Waals surface area (Å²) in [4.78, 5) is 14.2. The van der Waals surface area contributed by atoms with Crippen LogP contribution in [0, 0.1) is 0 Å². The molecule has 1 heterocycles. The van der Waals surface area contributed by atoms with E-state index in [2.05, 4.69) is 65.6 Å². The van der Waals surface area contributed by atoms with E-state index in [0.29, 0.717) is 6.42 Å². The van der Waals surface area contributed by atoms with E-state index < -0.39 is 0 Å². The van der Waals surface area contributed by atoms with Crippen LogP contribution in [0.1, 0.15) is 16.7 Å². The summed E-state index contributed by atoms with van der Waals surface area (Å²) in [7, 11) is 0. The first-order valence-electron chi connectivity index (χ1n) is 8.29. The highest BCUT2D eigenvalue weighted by molar-refractivity contribution is 5.86. The zero-order chi connectivity index (χ0) is 16.5. The van der Waals surface area contributed by atoms with Gasteiger partial charge in [0.1, 0.15) is 0 Å². The van der Waals surface area contributed by atoms with Gasteiger partial charge in [-0.05, 0) is 33.9 Å². The molecule has 3 aromatic rings. The molecule has 0 bridgehead atoms. The molecular weight excluding hydrogens is 296 g/mol. The third-order valence-corrected chi connectivity index (χ3v) is 4.93. The summed E-state index contributed by atoms with van der Waals surface area (Å²) in [6, 6.07) is 22.8. The lowest BCUT2D eigenvalue weighted by molar-refractivity contribution is -0.124. The average Bonchev–Trinajstić information content (AvgIpc) is 2.61. The fraction of sp³-hybridized carbons (Fsp3) is 0.190. The van der Waals surface area contributed by atoms with Crippen molar-refractivity contribution in [3.05, 3.63) is 83.4 Å². The van der Waals surface area contributed by atoms with Gasteiger partial charge in [0.25, 0.3) is 0 Å². The number of primary amides is 1. The van der Waals surface area contributed by atoms with Gasteiger partial charge in [-0.2, -0.15) is 0 Å². The summed E-state index contributed by atoms with van der Waals surface area (Å²) in [6.45, 7) is 1.48. The molecule has 1 amide bonds. The minimum Gasteiger partial charge on any atom is -0.368 e. The van der Waals surface area contributed by atoms with Crippen LogP contribution in [-0.2, 0) is 24.3 Å². The molecule has 0 saturated heterocycles. The van der Waals surface area contributed by atoms with E-state index in [4.69, 9.17) is 5.73 Å². The maximum atomic E-state index is 12.0. The Balaban J connectivity index is 1.70. The molecule has 0 spiro atoms. The van der Waals surface area contributed by atoms with Crippen molar-refractivity contribution in [2.75, 3.05) is 0 Å². The van der Waals surface area contributed by atoms with Crippen molar-refractivity contribution < 1.29 is 4.79 Å². The predicted molar refractivity (Wildman–Crippen MR) is 96.3 cm³/mol. The molecule has 120 valence electrons. The number of carbonyl (C=O) groups excluding carboxylic acids is 1. The topological polar surface area (TPSA) is 46.3 Å². The number of amides is 1. The Morgan fingerprint density at radius 1 is 0.958 bits per heavy atom. The van der Waals surface area contributed by atoms with Crippen LogP contribution in [0.4, 0.5) is 0 Å². The normalized spacial score (nSPS) is 17.6. The van der Waals surface area contributed by atoms with E-state index in [-0.39, 0.29) is 11.9 Å². The summed E-state index contributed by atoms with van der Waals surface area (Å²) in [5.74, 6) is -0.246. The zero-order valence-electron chi connectivity index (χ0n) is 13.5. The first-order valence-corrected chi connectivity index (χ1v) is 8.29. The molecule has 1 unspecified atom stereocenters. The highest BCUT2D eigenvalue weighted by atomic mass is 16.1. The molecule has 0 aromatic heterocycles. The molecule has 0 saturated carbocycles. The van der Waals surface area contributed by atoms with Crippen LogP contribution in [0.3, 0.4) is 0 Å². The number of carbonyl (C=O) groups is 1. The third kappa shape index (κ3) is 2.68. The van der Waals surface area contributed by atoms with Gasteiger partial charge in [0.05, 0.1) is 6.04 Å². The smallest absolute Gasteiger partial charge is 0.235 e. The second kappa shape index (κ2) is 6.10. The standard InChI is InChI=1S/C21H20N2O/c22-21(24)20-12-16-7-1-2-8-17(16)13-23(20)14-18-10-5-9-15-6-3-4-11-19(15)18/h1-11,20H,12-14H2,(H2,22,24). The van der Waals surface area contributed by atoms with Crippen LogP contribution in [0.15, 0.2) is 66.7 Å². The van der Waals surface area contributed by atoms with E-state index >= 15 is 0 Å². The second-order valence-corrected chi connectivity index (χ2v) is 6.43. The lowest BCUT2D eigenvalue weighted by Crippen LogP contribution is -2.48. The zero-order valence-corrected chi connectivity index (χ0v) is 13.5. The summed E-state index contributed by atoms with van der Waals surface area (Å²) in [5.41, 5.74) is 9.45. The second-order valence-electron chi connectivity index (χ2n) is 6.43. The molecular formula is C21H20N2O. The highest BCUT2D eigenvalue weighted by Gasteiger charge is 2.30. The quantitative estimate of drug-likeness (QED) is 0.806. The van der Waals surface area contributed by atoms with Gasteiger partial charge in [0.2, 0.25) is 5.91 Å². The first kappa shape index (κ1) is 14.9. The molecule has 0 radical (unpaired) electrons. The van der Waals surface area contributed by atoms with Gasteiger partial charge in [-0.1, -0.05) is 66.7 Å². The monoisotopic (exact) mass is 316 g/mol. The van der Waals surface area contributed by atoms with Gasteiger partial charge in [-0.3, -0.25) is 9.69 Å². The lowest BCUT2D eigenvalue weighted by atomic mass is 9.92. The molecule has 1 aliphatic heterocycles. The molecule has 3 nitrogen and oxygen atoms in total. The maximum Gasteiger partial charge on any atom is 0.235 e.